The molecule has 0 bridgehead atoms. The van der Waals surface area contributed by atoms with Crippen LogP contribution in [0.25, 0.3) is 0 Å². The second kappa shape index (κ2) is 6.85. The fraction of sp³-hybridized carbons (Fsp3) is 0.444. The zero-order valence-electron chi connectivity index (χ0n) is 13.6. The van der Waals surface area contributed by atoms with Gasteiger partial charge in [0, 0.05) is 47.9 Å². The average molecular weight is 332 g/mol. The van der Waals surface area contributed by atoms with E-state index in [-0.39, 0.29) is 11.7 Å². The van der Waals surface area contributed by atoms with Crippen LogP contribution >= 0.6 is 11.6 Å². The highest BCUT2D eigenvalue weighted by Crippen LogP contribution is 2.24. The summed E-state index contributed by atoms with van der Waals surface area (Å²) in [6.07, 6.45) is 3.93. The van der Waals surface area contributed by atoms with E-state index in [1.165, 1.54) is 11.3 Å². The number of hydrogen-bond donors (Lipinski definition) is 0. The lowest BCUT2D eigenvalue weighted by molar-refractivity contribution is 0.0811. The third-order valence-corrected chi connectivity index (χ3v) is 4.95. The van der Waals surface area contributed by atoms with E-state index in [9.17, 15) is 4.79 Å². The molecule has 23 heavy (non-hydrogen) atoms. The third kappa shape index (κ3) is 3.65. The molecule has 0 N–H and O–H groups in total. The van der Waals surface area contributed by atoms with Gasteiger partial charge in [0.1, 0.15) is 0 Å². The average Bonchev–Trinajstić information content (AvgIpc) is 2.86. The second-order valence-corrected chi connectivity index (χ2v) is 6.76. The van der Waals surface area contributed by atoms with Crippen molar-refractivity contribution in [3.05, 3.63) is 52.3 Å². The van der Waals surface area contributed by atoms with Crippen LogP contribution in [0.2, 0.25) is 5.02 Å². The lowest BCUT2D eigenvalue weighted by atomic mass is 9.90. The summed E-state index contributed by atoms with van der Waals surface area (Å²) >= 11 is 6.01. The lowest BCUT2D eigenvalue weighted by Crippen LogP contribution is -2.38. The summed E-state index contributed by atoms with van der Waals surface area (Å²) in [7, 11) is 1.96. The van der Waals surface area contributed by atoms with Gasteiger partial charge in [0.2, 0.25) is 0 Å². The van der Waals surface area contributed by atoms with Crippen LogP contribution in [-0.4, -0.2) is 33.6 Å². The molecular weight excluding hydrogens is 310 g/mol. The van der Waals surface area contributed by atoms with Crippen molar-refractivity contribution in [1.82, 2.24) is 14.7 Å². The molecule has 0 spiro atoms. The Bertz CT molecular complexity index is 710. The third-order valence-electron chi connectivity index (χ3n) is 4.72. The topological polar surface area (TPSA) is 38.1 Å². The van der Waals surface area contributed by atoms with Crippen molar-refractivity contribution in [3.8, 4) is 0 Å². The van der Waals surface area contributed by atoms with Crippen molar-refractivity contribution in [2.45, 2.75) is 26.3 Å². The zero-order chi connectivity index (χ0) is 16.4. The first-order valence-electron chi connectivity index (χ1n) is 8.04. The predicted molar refractivity (Wildman–Crippen MR) is 91.7 cm³/mol. The van der Waals surface area contributed by atoms with Gasteiger partial charge in [0.25, 0.3) is 0 Å². The summed E-state index contributed by atoms with van der Waals surface area (Å²) in [5.41, 5.74) is 3.15. The molecule has 1 aliphatic rings. The van der Waals surface area contributed by atoms with Gasteiger partial charge < -0.3 is 0 Å². The lowest BCUT2D eigenvalue weighted by Gasteiger charge is -2.32. The van der Waals surface area contributed by atoms with Crippen molar-refractivity contribution >= 4 is 17.4 Å². The molecule has 0 radical (unpaired) electrons. The Labute approximate surface area is 142 Å². The van der Waals surface area contributed by atoms with Gasteiger partial charge in [-0.1, -0.05) is 23.7 Å². The van der Waals surface area contributed by atoms with Gasteiger partial charge in [-0.3, -0.25) is 14.4 Å². The van der Waals surface area contributed by atoms with E-state index in [2.05, 4.69) is 16.9 Å². The molecule has 4 nitrogen and oxygen atoms in total. The Balaban J connectivity index is 1.68. The Hall–Kier alpha value is -1.65. The van der Waals surface area contributed by atoms with E-state index in [0.29, 0.717) is 5.02 Å². The number of carbonyl (C=O) groups is 1. The number of aryl methyl sites for hydroxylation is 1. The smallest absolute Gasteiger partial charge is 0.167 e. The SMILES string of the molecule is Cc1c(CN2CCCC(C(=O)c3cccc(Cl)c3)C2)cnn1C. The quantitative estimate of drug-likeness (QED) is 0.805. The molecule has 122 valence electrons. The van der Waals surface area contributed by atoms with E-state index in [0.717, 1.165) is 38.0 Å². The number of nitrogens with zero attached hydrogens (tertiary/aromatic N) is 3. The first-order chi connectivity index (χ1) is 11.0. The number of ketones is 1. The predicted octanol–water partition coefficient (Wildman–Crippen LogP) is 3.48. The van der Waals surface area contributed by atoms with Crippen molar-refractivity contribution < 1.29 is 4.79 Å². The number of benzene rings is 1. The van der Waals surface area contributed by atoms with E-state index in [1.807, 2.05) is 30.1 Å². The van der Waals surface area contributed by atoms with Gasteiger partial charge in [0.15, 0.2) is 5.78 Å². The molecule has 5 heteroatoms. The summed E-state index contributed by atoms with van der Waals surface area (Å²) in [5, 5.41) is 4.92. The standard InChI is InChI=1S/C18H22ClN3O/c1-13-16(10-20-21(13)2)12-22-8-4-6-15(11-22)18(23)14-5-3-7-17(19)9-14/h3,5,7,9-10,15H,4,6,8,11-12H2,1-2H3. The van der Waals surface area contributed by atoms with Crippen LogP contribution in [0.4, 0.5) is 0 Å². The molecule has 0 aliphatic carbocycles. The molecule has 1 fully saturated rings. The minimum absolute atomic E-state index is 0.0548. The highest BCUT2D eigenvalue weighted by Gasteiger charge is 2.27. The first kappa shape index (κ1) is 16.2. The maximum atomic E-state index is 12.7. The van der Waals surface area contributed by atoms with Crippen molar-refractivity contribution in [1.29, 1.82) is 0 Å². The molecule has 2 aromatic rings. The molecule has 2 heterocycles. The Kier molecular flexibility index (Phi) is 4.83. The minimum Gasteiger partial charge on any atom is -0.298 e. The molecule has 1 aromatic carbocycles. The summed E-state index contributed by atoms with van der Waals surface area (Å²) in [4.78, 5) is 15.1. The van der Waals surface area contributed by atoms with E-state index in [1.54, 1.807) is 12.1 Å². The van der Waals surface area contributed by atoms with Gasteiger partial charge >= 0.3 is 0 Å². The van der Waals surface area contributed by atoms with Crippen LogP contribution in [0.3, 0.4) is 0 Å². The van der Waals surface area contributed by atoms with Crippen molar-refractivity contribution in [2.24, 2.45) is 13.0 Å². The fourth-order valence-corrected chi connectivity index (χ4v) is 3.42. The molecule has 1 aromatic heterocycles. The second-order valence-electron chi connectivity index (χ2n) is 6.33. The van der Waals surface area contributed by atoms with Crippen LogP contribution in [-0.2, 0) is 13.6 Å². The van der Waals surface area contributed by atoms with E-state index < -0.39 is 0 Å². The summed E-state index contributed by atoms with van der Waals surface area (Å²) in [6, 6.07) is 7.28. The monoisotopic (exact) mass is 331 g/mol. The number of Topliss-reactive ketones (excluding diaryl/α,β-unsaturated/α-hetero) is 1. The number of rotatable bonds is 4. The number of carbonyl (C=O) groups excluding carboxylic acids is 1. The van der Waals surface area contributed by atoms with Gasteiger partial charge in [-0.15, -0.1) is 0 Å². The number of piperidine rings is 1. The highest BCUT2D eigenvalue weighted by molar-refractivity contribution is 6.31. The molecule has 0 amide bonds. The summed E-state index contributed by atoms with van der Waals surface area (Å²) in [6.45, 7) is 4.78. The zero-order valence-corrected chi connectivity index (χ0v) is 14.4. The largest absolute Gasteiger partial charge is 0.298 e. The normalized spacial score (nSPS) is 19.0. The number of likely N-dealkylation sites (tertiary alicyclic amines) is 1. The van der Waals surface area contributed by atoms with E-state index >= 15 is 0 Å². The number of aromatic nitrogens is 2. The van der Waals surface area contributed by atoms with Gasteiger partial charge in [0.05, 0.1) is 6.20 Å². The van der Waals surface area contributed by atoms with Crippen LogP contribution in [0.5, 0.6) is 0 Å². The van der Waals surface area contributed by atoms with Crippen molar-refractivity contribution in [3.63, 3.8) is 0 Å². The Morgan fingerprint density at radius 1 is 1.43 bits per heavy atom. The molecule has 1 aliphatic heterocycles. The van der Waals surface area contributed by atoms with E-state index in [4.69, 9.17) is 11.6 Å². The highest BCUT2D eigenvalue weighted by atomic mass is 35.5. The molecule has 1 saturated heterocycles. The van der Waals surface area contributed by atoms with Gasteiger partial charge in [-0.05, 0) is 38.4 Å². The molecule has 0 saturated carbocycles. The Morgan fingerprint density at radius 2 is 2.26 bits per heavy atom. The molecule has 1 atom stereocenters. The first-order valence-corrected chi connectivity index (χ1v) is 8.42. The summed E-state index contributed by atoms with van der Waals surface area (Å²) in [5.74, 6) is 0.263. The summed E-state index contributed by atoms with van der Waals surface area (Å²) < 4.78 is 1.90. The van der Waals surface area contributed by atoms with Crippen LogP contribution < -0.4 is 0 Å². The van der Waals surface area contributed by atoms with Crippen molar-refractivity contribution in [2.75, 3.05) is 13.1 Å². The Morgan fingerprint density at radius 3 is 2.96 bits per heavy atom. The number of halogens is 1. The van der Waals surface area contributed by atoms with Gasteiger partial charge in [-0.2, -0.15) is 5.10 Å². The fourth-order valence-electron chi connectivity index (χ4n) is 3.23. The molecule has 3 rings (SSSR count). The minimum atomic E-state index is 0.0548. The van der Waals surface area contributed by atoms with Gasteiger partial charge in [-0.25, -0.2) is 0 Å². The number of hydrogen-bond acceptors (Lipinski definition) is 3. The maximum absolute atomic E-state index is 12.7. The molecular formula is C18H22ClN3O. The van der Waals surface area contributed by atoms with Crippen LogP contribution in [0.15, 0.2) is 30.5 Å². The van der Waals surface area contributed by atoms with Crippen LogP contribution in [0.1, 0.15) is 34.5 Å². The molecule has 1 unspecified atom stereocenters. The van der Waals surface area contributed by atoms with Crippen LogP contribution in [0, 0.1) is 12.8 Å². The maximum Gasteiger partial charge on any atom is 0.167 e.